The molecule has 5 aromatic rings. The fourth-order valence-electron chi connectivity index (χ4n) is 6.66. The van der Waals surface area contributed by atoms with Crippen molar-refractivity contribution in [2.75, 3.05) is 42.1 Å². The van der Waals surface area contributed by atoms with Crippen LogP contribution in [0.1, 0.15) is 39.9 Å². The fourth-order valence-corrected chi connectivity index (χ4v) is 8.43. The zero-order valence-electron chi connectivity index (χ0n) is 28.7. The second kappa shape index (κ2) is 13.7. The van der Waals surface area contributed by atoms with E-state index < -0.39 is 45.5 Å². The number of fused-ring (bicyclic) bond motifs is 2. The molecule has 0 spiro atoms. The maximum atomic E-state index is 14.3. The van der Waals surface area contributed by atoms with Gasteiger partial charge in [-0.05, 0) is 61.7 Å². The van der Waals surface area contributed by atoms with E-state index in [4.69, 9.17) is 11.6 Å². The lowest BCUT2D eigenvalue weighted by Crippen LogP contribution is -2.51. The Bertz CT molecular complexity index is 2530. The van der Waals surface area contributed by atoms with Crippen molar-refractivity contribution >= 4 is 50.4 Å². The maximum Gasteiger partial charge on any atom is 0.416 e. The molecular weight excluding hydrogens is 755 g/mol. The molecule has 1 saturated heterocycles. The number of hydrogen-bond acceptors (Lipinski definition) is 11. The van der Waals surface area contributed by atoms with E-state index in [1.54, 1.807) is 30.9 Å². The molecule has 15 nitrogen and oxygen atoms in total. The van der Waals surface area contributed by atoms with Gasteiger partial charge in [-0.1, -0.05) is 18.5 Å². The van der Waals surface area contributed by atoms with Crippen LogP contribution in [0.3, 0.4) is 0 Å². The standard InChI is InChI=1S/C34H31ClF3N9O6S/c1-3-24-28(44-9-11-45(12-10-44)31(50)27-29(49)18(2)39-17-40-27)32(51)47-33(42-30(43-47)20-4-7-25-19(14-20)8-13-54(25,52)53)46(24)16-26(48)41-23-6-5-21(15-22(23)35)34(36,37)38/h4-7,14-15,17,49H,3,8-13,16H2,1-2H3,(H,41,48). The average Bonchev–Trinajstić information content (AvgIpc) is 3.72. The molecule has 2 aliphatic heterocycles. The summed E-state index contributed by atoms with van der Waals surface area (Å²) in [6.07, 6.45) is -2.94. The highest BCUT2D eigenvalue weighted by molar-refractivity contribution is 7.91. The Kier molecular flexibility index (Phi) is 9.33. The highest BCUT2D eigenvalue weighted by Crippen LogP contribution is 2.34. The molecule has 2 aromatic carbocycles. The minimum atomic E-state index is -4.64. The largest absolute Gasteiger partial charge is 0.504 e. The average molecular weight is 786 g/mol. The first kappa shape index (κ1) is 36.8. The minimum Gasteiger partial charge on any atom is -0.504 e. The first-order valence-electron chi connectivity index (χ1n) is 16.7. The molecule has 0 radical (unpaired) electrons. The van der Waals surface area contributed by atoms with E-state index in [2.05, 4.69) is 25.4 Å². The topological polar surface area (TPSA) is 185 Å². The summed E-state index contributed by atoms with van der Waals surface area (Å²) in [7, 11) is -3.41. The Balaban J connectivity index is 1.27. The highest BCUT2D eigenvalue weighted by atomic mass is 35.5. The summed E-state index contributed by atoms with van der Waals surface area (Å²) in [4.78, 5) is 57.1. The zero-order valence-corrected chi connectivity index (χ0v) is 30.3. The van der Waals surface area contributed by atoms with Crippen molar-refractivity contribution < 1.29 is 36.3 Å². The fraction of sp³-hybridized carbons (Fsp3) is 0.324. The van der Waals surface area contributed by atoms with Gasteiger partial charge in [0.05, 0.1) is 38.3 Å². The number of carbonyl (C=O) groups excluding carboxylic acids is 2. The summed E-state index contributed by atoms with van der Waals surface area (Å²) >= 11 is 6.12. The second-order valence-corrected chi connectivity index (χ2v) is 15.2. The molecule has 20 heteroatoms. The normalized spacial score (nSPS) is 15.4. The zero-order chi connectivity index (χ0) is 38.7. The van der Waals surface area contributed by atoms with Crippen molar-refractivity contribution in [3.63, 3.8) is 0 Å². The molecule has 5 heterocycles. The smallest absolute Gasteiger partial charge is 0.416 e. The van der Waals surface area contributed by atoms with Gasteiger partial charge in [0.25, 0.3) is 11.5 Å². The Morgan fingerprint density at radius 2 is 1.80 bits per heavy atom. The lowest BCUT2D eigenvalue weighted by molar-refractivity contribution is -0.137. The van der Waals surface area contributed by atoms with E-state index in [-0.39, 0.29) is 88.4 Å². The number of benzene rings is 2. The van der Waals surface area contributed by atoms with E-state index in [1.807, 2.05) is 0 Å². The van der Waals surface area contributed by atoms with Crippen molar-refractivity contribution in [1.82, 2.24) is 34.0 Å². The number of nitrogens with zero attached hydrogens (tertiary/aromatic N) is 8. The summed E-state index contributed by atoms with van der Waals surface area (Å²) < 4.78 is 67.1. The predicted molar refractivity (Wildman–Crippen MR) is 189 cm³/mol. The number of carbonyl (C=O) groups is 2. The number of aromatic hydroxyl groups is 1. The van der Waals surface area contributed by atoms with Crippen LogP contribution in [-0.2, 0) is 40.2 Å². The monoisotopic (exact) mass is 785 g/mol. The van der Waals surface area contributed by atoms with Crippen molar-refractivity contribution in [2.24, 2.45) is 0 Å². The van der Waals surface area contributed by atoms with Gasteiger partial charge in [0.1, 0.15) is 18.6 Å². The molecule has 2 N–H and O–H groups in total. The van der Waals surface area contributed by atoms with Crippen molar-refractivity contribution in [3.05, 3.63) is 86.3 Å². The van der Waals surface area contributed by atoms with Gasteiger partial charge in [-0.15, -0.1) is 5.10 Å². The van der Waals surface area contributed by atoms with Crippen LogP contribution in [0, 0.1) is 6.92 Å². The SMILES string of the molecule is CCc1c(N2CCN(C(=O)c3ncnc(C)c3O)CC2)c(=O)n2nc(-c3ccc4c(c3)CCS4(=O)=O)nc2n1CC(=O)Nc1ccc(C(F)(F)F)cc1Cl. The number of hydrogen-bond donors (Lipinski definition) is 2. The van der Waals surface area contributed by atoms with E-state index in [0.29, 0.717) is 29.3 Å². The Labute approximate surface area is 310 Å². The van der Waals surface area contributed by atoms with Gasteiger partial charge >= 0.3 is 6.18 Å². The van der Waals surface area contributed by atoms with E-state index in [9.17, 15) is 41.1 Å². The van der Waals surface area contributed by atoms with Gasteiger partial charge in [0.15, 0.2) is 27.1 Å². The molecule has 3 aromatic heterocycles. The number of amides is 2. The first-order chi connectivity index (χ1) is 25.6. The van der Waals surface area contributed by atoms with Crippen LogP contribution in [0.25, 0.3) is 17.2 Å². The molecule has 0 unspecified atom stereocenters. The first-order valence-corrected chi connectivity index (χ1v) is 18.7. The van der Waals surface area contributed by atoms with Crippen LogP contribution in [0.4, 0.5) is 24.5 Å². The van der Waals surface area contributed by atoms with Gasteiger partial charge in [-0.2, -0.15) is 22.7 Å². The molecule has 0 aliphatic carbocycles. The number of anilines is 2. The van der Waals surface area contributed by atoms with E-state index in [0.717, 1.165) is 16.6 Å². The van der Waals surface area contributed by atoms with Crippen molar-refractivity contribution in [1.29, 1.82) is 0 Å². The molecule has 7 rings (SSSR count). The second-order valence-electron chi connectivity index (χ2n) is 12.8. The van der Waals surface area contributed by atoms with E-state index in [1.165, 1.54) is 21.9 Å². The number of aromatic nitrogens is 6. The number of halogens is 4. The number of aryl methyl sites for hydroxylation is 2. The molecule has 0 atom stereocenters. The Morgan fingerprint density at radius 3 is 2.48 bits per heavy atom. The van der Waals surface area contributed by atoms with Gasteiger partial charge in [-0.25, -0.2) is 18.4 Å². The van der Waals surface area contributed by atoms with Crippen molar-refractivity contribution in [3.8, 4) is 17.1 Å². The third-order valence-electron chi connectivity index (χ3n) is 9.42. The highest BCUT2D eigenvalue weighted by Gasteiger charge is 2.33. The maximum absolute atomic E-state index is 14.3. The molecule has 0 saturated carbocycles. The summed E-state index contributed by atoms with van der Waals surface area (Å²) in [5.41, 5.74) is 0.0953. The molecule has 1 fully saturated rings. The van der Waals surface area contributed by atoms with Crippen molar-refractivity contribution in [2.45, 2.75) is 44.3 Å². The van der Waals surface area contributed by atoms with Crippen LogP contribution in [0.15, 0.2) is 52.4 Å². The van der Waals surface area contributed by atoms with Gasteiger partial charge < -0.3 is 24.8 Å². The Morgan fingerprint density at radius 1 is 1.06 bits per heavy atom. The molecule has 2 amide bonds. The van der Waals surface area contributed by atoms with Crippen LogP contribution < -0.4 is 15.8 Å². The van der Waals surface area contributed by atoms with Crippen LogP contribution >= 0.6 is 11.6 Å². The quantitative estimate of drug-likeness (QED) is 0.246. The Hall–Kier alpha value is -5.56. The number of nitrogens with one attached hydrogen (secondary N) is 1. The van der Waals surface area contributed by atoms with Crippen LogP contribution in [-0.4, -0.2) is 91.3 Å². The van der Waals surface area contributed by atoms with Gasteiger partial charge in [-0.3, -0.25) is 14.4 Å². The summed E-state index contributed by atoms with van der Waals surface area (Å²) in [6.45, 7) is 3.51. The lowest BCUT2D eigenvalue weighted by Gasteiger charge is -2.36. The number of piperazine rings is 1. The third-order valence-corrected chi connectivity index (χ3v) is 11.5. The van der Waals surface area contributed by atoms with Crippen LogP contribution in [0.2, 0.25) is 5.02 Å². The van der Waals surface area contributed by atoms with E-state index >= 15 is 0 Å². The molecule has 54 heavy (non-hydrogen) atoms. The number of rotatable bonds is 7. The third kappa shape index (κ3) is 6.61. The lowest BCUT2D eigenvalue weighted by atomic mass is 10.1. The molecule has 282 valence electrons. The number of sulfone groups is 1. The minimum absolute atomic E-state index is 0.0131. The number of alkyl halides is 3. The summed E-state index contributed by atoms with van der Waals surface area (Å²) in [6, 6.07) is 7.20. The summed E-state index contributed by atoms with van der Waals surface area (Å²) in [5, 5.41) is 17.1. The van der Waals surface area contributed by atoms with Gasteiger partial charge in [0, 0.05) is 31.7 Å². The molecule has 2 aliphatic rings. The van der Waals surface area contributed by atoms with Gasteiger partial charge in [0.2, 0.25) is 11.7 Å². The molecule has 0 bridgehead atoms. The predicted octanol–water partition coefficient (Wildman–Crippen LogP) is 3.53. The summed E-state index contributed by atoms with van der Waals surface area (Å²) in [5.74, 6) is -1.48. The van der Waals surface area contributed by atoms with Crippen LogP contribution in [0.5, 0.6) is 5.75 Å². The molecular formula is C34H31ClF3N9O6S.